The van der Waals surface area contributed by atoms with Crippen molar-refractivity contribution < 1.29 is 54.0 Å². The first-order valence-electron chi connectivity index (χ1n) is 27.5. The van der Waals surface area contributed by atoms with Crippen molar-refractivity contribution in [1.82, 2.24) is 0 Å². The van der Waals surface area contributed by atoms with Gasteiger partial charge in [-0.1, -0.05) is 185 Å². The molecule has 8 aromatic rings. The van der Waals surface area contributed by atoms with Crippen molar-refractivity contribution in [3.63, 3.8) is 0 Å². The van der Waals surface area contributed by atoms with Crippen LogP contribution in [-0.2, 0) is 19.7 Å². The van der Waals surface area contributed by atoms with Gasteiger partial charge in [0, 0.05) is 55.3 Å². The fourth-order valence-electron chi connectivity index (χ4n) is 7.56. The molecule has 7 amide bonds. The van der Waals surface area contributed by atoms with Gasteiger partial charge in [-0.25, -0.2) is 0 Å². The second kappa shape index (κ2) is 37.9. The molecule has 11 N–H and O–H groups in total. The lowest BCUT2D eigenvalue weighted by Crippen LogP contribution is -2.23. The molecule has 0 saturated carbocycles. The van der Waals surface area contributed by atoms with E-state index < -0.39 is 22.5 Å². The number of phenols is 4. The van der Waals surface area contributed by atoms with E-state index in [0.717, 1.165) is 24.0 Å². The summed E-state index contributed by atoms with van der Waals surface area (Å²) < 4.78 is 0. The van der Waals surface area contributed by atoms with Crippen LogP contribution < -0.4 is 37.2 Å². The van der Waals surface area contributed by atoms with Gasteiger partial charge in [0.2, 0.25) is 17.7 Å². The summed E-state index contributed by atoms with van der Waals surface area (Å²) in [5.41, 5.74) is 4.72. The molecule has 8 rings (SSSR count). The Bertz CT molecular complexity index is 4050. The molecule has 0 aliphatic rings. The third-order valence-corrected chi connectivity index (χ3v) is 16.8. The van der Waals surface area contributed by atoms with Gasteiger partial charge in [0.05, 0.1) is 75.1 Å². The first-order chi connectivity index (χ1) is 44.5. The number of amides is 7. The van der Waals surface area contributed by atoms with Crippen LogP contribution in [0.2, 0.25) is 35.2 Å². The minimum absolute atomic E-state index is 0.00990. The van der Waals surface area contributed by atoms with Crippen LogP contribution in [0.1, 0.15) is 85.7 Å². The predicted octanol–water partition coefficient (Wildman–Crippen LogP) is 19.1. The number of nitrogens with one attached hydrogen (secondary N) is 7. The second-order valence-electron chi connectivity index (χ2n) is 19.7. The maximum absolute atomic E-state index is 12.4. The Kier molecular flexibility index (Phi) is 31.4. The standard InChI is InChI=1S/C19H18BrCl3N2O3.C16H13BrCl2N2O3.C15H13BrClNO2.C15H12Cl2N2O3/c1-2-3-4-12(20)19(28)24-15-9-17(26)16(8-14(15)23)25-18(27)11-6-5-10(21)7-13(11)22;1-8(17)15(23)20-12-7-14(22)13(6-11(12)19)21-16(24)9-2-4-10(18)5-3-9;1-9-2-4-10(5-3-9)15(20)18-13-7-12(17)11(8-16)6-14(13)19;16-8-14(21)18-11-7-13(20)12(6-10(11)17)19-15(22)9-4-2-1-3-5-9/h5-9,12,26H,2-4H2,1H3,(H,24,28)(H,25,27);2-8,22H,1H3,(H,20,23)(H,21,24);2-7,19H,8H2,1H3,(H,18,20);1-7,20H,8H2,(H,18,21)(H,19,22). The summed E-state index contributed by atoms with van der Waals surface area (Å²) in [6.45, 7) is 5.65. The molecule has 0 bridgehead atoms. The summed E-state index contributed by atoms with van der Waals surface area (Å²) >= 11 is 57.1. The highest BCUT2D eigenvalue weighted by Crippen LogP contribution is 2.38. The largest absolute Gasteiger partial charge is 0.506 e. The zero-order chi connectivity index (χ0) is 69.5. The number of hydrogen-bond donors (Lipinski definition) is 11. The molecule has 18 nitrogen and oxygen atoms in total. The number of aromatic hydroxyl groups is 4. The number of alkyl halides is 4. The average molecular weight is 1630 g/mol. The first-order valence-corrected chi connectivity index (χ1v) is 33.6. The van der Waals surface area contributed by atoms with E-state index in [-0.39, 0.29) is 117 Å². The van der Waals surface area contributed by atoms with Crippen LogP contribution in [0, 0.1) is 6.92 Å². The van der Waals surface area contributed by atoms with E-state index in [0.29, 0.717) is 49.2 Å². The van der Waals surface area contributed by atoms with Crippen LogP contribution in [0.4, 0.5) is 39.8 Å². The minimum Gasteiger partial charge on any atom is -0.506 e. The minimum atomic E-state index is -0.537. The summed E-state index contributed by atoms with van der Waals surface area (Å²) in [6.07, 6.45) is 2.56. The molecule has 0 spiro atoms. The lowest BCUT2D eigenvalue weighted by Gasteiger charge is -2.14. The molecule has 29 heteroatoms. The smallest absolute Gasteiger partial charge is 0.257 e. The fraction of sp³-hybridized carbons (Fsp3) is 0.154. The molecule has 0 heterocycles. The topological polar surface area (TPSA) is 285 Å². The van der Waals surface area contributed by atoms with Crippen LogP contribution in [-0.4, -0.2) is 77.3 Å². The molecule has 494 valence electrons. The Morgan fingerprint density at radius 1 is 0.447 bits per heavy atom. The fourth-order valence-corrected chi connectivity index (χ4v) is 10.3. The van der Waals surface area contributed by atoms with Crippen molar-refractivity contribution in [2.24, 2.45) is 0 Å². The molecular weight excluding hydrogens is 1580 g/mol. The highest BCUT2D eigenvalue weighted by molar-refractivity contribution is 9.10. The molecular formula is C65H56Br3Cl8N7O11. The predicted molar refractivity (Wildman–Crippen MR) is 390 cm³/mol. The Balaban J connectivity index is 0.000000229. The first kappa shape index (κ1) is 77.7. The summed E-state index contributed by atoms with van der Waals surface area (Å²) in [7, 11) is 0. The second-order valence-corrected chi connectivity index (χ2v) is 25.9. The Morgan fingerprint density at radius 3 is 1.29 bits per heavy atom. The van der Waals surface area contributed by atoms with Crippen LogP contribution in [0.5, 0.6) is 23.0 Å². The van der Waals surface area contributed by atoms with Crippen molar-refractivity contribution in [2.75, 3.05) is 43.1 Å². The maximum Gasteiger partial charge on any atom is 0.257 e. The maximum atomic E-state index is 12.4. The molecule has 2 unspecified atom stereocenters. The molecule has 0 saturated heterocycles. The van der Waals surface area contributed by atoms with Crippen molar-refractivity contribution >= 4 is 222 Å². The SMILES string of the molecule is CC(Br)C(=O)Nc1cc(O)c(NC(=O)c2ccc(Cl)cc2)cc1Cl.CCCCC(Br)C(=O)Nc1cc(O)c(NC(=O)c2ccc(Cl)cc2Cl)cc1Cl.Cc1ccc(C(=O)Nc2cc(Cl)c(CBr)cc2O)cc1.O=C(CCl)Nc1cc(O)c(NC(=O)c2ccccc2)cc1Cl. The Morgan fingerprint density at radius 2 is 0.851 bits per heavy atom. The number of benzene rings is 8. The molecule has 0 radical (unpaired) electrons. The normalized spacial score (nSPS) is 11.0. The number of carbonyl (C=O) groups excluding carboxylic acids is 7. The van der Waals surface area contributed by atoms with Crippen molar-refractivity contribution in [2.45, 2.75) is 55.0 Å². The van der Waals surface area contributed by atoms with Crippen LogP contribution in [0.25, 0.3) is 0 Å². The van der Waals surface area contributed by atoms with Gasteiger partial charge in [-0.3, -0.25) is 33.6 Å². The van der Waals surface area contributed by atoms with Gasteiger partial charge in [-0.15, -0.1) is 11.6 Å². The number of carbonyl (C=O) groups is 7. The van der Waals surface area contributed by atoms with Gasteiger partial charge in [-0.05, 0) is 123 Å². The molecule has 94 heavy (non-hydrogen) atoms. The highest BCUT2D eigenvalue weighted by atomic mass is 79.9. The lowest BCUT2D eigenvalue weighted by atomic mass is 10.1. The molecule has 8 aromatic carbocycles. The van der Waals surface area contributed by atoms with Crippen molar-refractivity contribution in [3.8, 4) is 23.0 Å². The van der Waals surface area contributed by atoms with Gasteiger partial charge >= 0.3 is 0 Å². The van der Waals surface area contributed by atoms with E-state index in [1.165, 1.54) is 60.7 Å². The number of anilines is 7. The Labute approximate surface area is 605 Å². The highest BCUT2D eigenvalue weighted by Gasteiger charge is 2.21. The van der Waals surface area contributed by atoms with Crippen molar-refractivity contribution in [1.29, 1.82) is 0 Å². The lowest BCUT2D eigenvalue weighted by molar-refractivity contribution is -0.116. The van der Waals surface area contributed by atoms with E-state index >= 15 is 0 Å². The molecule has 2 atom stereocenters. The van der Waals surface area contributed by atoms with Gasteiger partial charge in [0.1, 0.15) is 28.9 Å². The van der Waals surface area contributed by atoms with E-state index in [1.807, 2.05) is 26.0 Å². The number of unbranched alkanes of at least 4 members (excludes halogenated alkanes) is 1. The van der Waals surface area contributed by atoms with E-state index in [1.54, 1.807) is 79.7 Å². The summed E-state index contributed by atoms with van der Waals surface area (Å²) in [5.74, 6) is -3.61. The number of phenolic OH excluding ortho intramolecular Hbond substituents is 4. The molecule has 0 aromatic heterocycles. The van der Waals surface area contributed by atoms with E-state index in [2.05, 4.69) is 85.0 Å². The van der Waals surface area contributed by atoms with Gasteiger partial charge < -0.3 is 57.6 Å². The molecule has 0 aliphatic heterocycles. The Hall–Kier alpha value is -6.99. The summed E-state index contributed by atoms with van der Waals surface area (Å²) in [5, 5.41) is 60.7. The summed E-state index contributed by atoms with van der Waals surface area (Å²) in [6, 6.07) is 37.4. The average Bonchev–Trinajstić information content (AvgIpc) is 0.859. The van der Waals surface area contributed by atoms with Crippen LogP contribution >= 0.6 is 141 Å². The van der Waals surface area contributed by atoms with Crippen LogP contribution in [0.3, 0.4) is 0 Å². The quantitative estimate of drug-likeness (QED) is 0.0284. The third-order valence-electron chi connectivity index (χ3n) is 12.6. The number of aryl methyl sites for hydroxylation is 1. The summed E-state index contributed by atoms with van der Waals surface area (Å²) in [4.78, 5) is 83.0. The van der Waals surface area contributed by atoms with Crippen LogP contribution in [0.15, 0.2) is 146 Å². The molecule has 0 fully saturated rings. The number of hydrogen-bond acceptors (Lipinski definition) is 11. The van der Waals surface area contributed by atoms with Crippen molar-refractivity contribution in [3.05, 3.63) is 214 Å². The number of rotatable bonds is 18. The zero-order valence-corrected chi connectivity index (χ0v) is 60.2. The zero-order valence-electron chi connectivity index (χ0n) is 49.4. The third kappa shape index (κ3) is 24.0. The molecule has 0 aliphatic carbocycles. The van der Waals surface area contributed by atoms with Gasteiger partial charge in [-0.2, -0.15) is 0 Å². The van der Waals surface area contributed by atoms with E-state index in [9.17, 15) is 54.0 Å². The monoisotopic (exact) mass is 1630 g/mol. The van der Waals surface area contributed by atoms with E-state index in [4.69, 9.17) is 92.8 Å². The van der Waals surface area contributed by atoms with Gasteiger partial charge in [0.15, 0.2) is 0 Å². The number of halogens is 11. The van der Waals surface area contributed by atoms with Gasteiger partial charge in [0.25, 0.3) is 23.6 Å².